The average molecular weight is 420 g/mol. The van der Waals surface area contributed by atoms with E-state index in [0.717, 1.165) is 11.1 Å². The Morgan fingerprint density at radius 3 is 2.19 bits per heavy atom. The van der Waals surface area contributed by atoms with Crippen molar-refractivity contribution in [2.24, 2.45) is 4.99 Å². The fraction of sp³-hybridized carbons (Fsp3) is 0.217. The lowest BCUT2D eigenvalue weighted by molar-refractivity contribution is -0.164. The highest BCUT2D eigenvalue weighted by atomic mass is 16.4. The van der Waals surface area contributed by atoms with Crippen LogP contribution in [0.25, 0.3) is 0 Å². The smallest absolute Gasteiger partial charge is 0.328 e. The lowest BCUT2D eigenvalue weighted by Crippen LogP contribution is -2.60. The van der Waals surface area contributed by atoms with Crippen molar-refractivity contribution in [2.75, 3.05) is 6.54 Å². The molecule has 2 aromatic carbocycles. The summed E-state index contributed by atoms with van der Waals surface area (Å²) in [4.78, 5) is 41.1. The average Bonchev–Trinajstić information content (AvgIpc) is 2.80. The molecule has 2 amide bonds. The molecule has 2 atom stereocenters. The van der Waals surface area contributed by atoms with Crippen molar-refractivity contribution in [3.63, 3.8) is 0 Å². The van der Waals surface area contributed by atoms with E-state index in [1.165, 1.54) is 16.2 Å². The zero-order valence-electron chi connectivity index (χ0n) is 16.9. The molecule has 0 fully saturated rings. The van der Waals surface area contributed by atoms with Crippen LogP contribution in [0.5, 0.6) is 0 Å². The molecule has 160 valence electrons. The molecule has 0 aliphatic carbocycles. The van der Waals surface area contributed by atoms with Gasteiger partial charge >= 0.3 is 5.97 Å². The van der Waals surface area contributed by atoms with Gasteiger partial charge < -0.3 is 10.4 Å². The van der Waals surface area contributed by atoms with Crippen molar-refractivity contribution in [2.45, 2.75) is 24.9 Å². The van der Waals surface area contributed by atoms with E-state index in [-0.39, 0.29) is 19.4 Å². The van der Waals surface area contributed by atoms with Crippen molar-refractivity contribution < 1.29 is 19.5 Å². The number of carbonyl (C=O) groups is 3. The molecule has 1 heterocycles. The van der Waals surface area contributed by atoms with E-state index in [1.807, 2.05) is 60.7 Å². The number of benzene rings is 2. The number of hydrazine groups is 1. The fourth-order valence-electron chi connectivity index (χ4n) is 3.41. The van der Waals surface area contributed by atoms with Crippen LogP contribution in [0, 0.1) is 0 Å². The zero-order chi connectivity index (χ0) is 22.1. The minimum atomic E-state index is -1.17. The summed E-state index contributed by atoms with van der Waals surface area (Å²) in [5.74, 6) is -1.66. The Morgan fingerprint density at radius 1 is 1.06 bits per heavy atom. The van der Waals surface area contributed by atoms with Crippen LogP contribution in [0.15, 0.2) is 78.1 Å². The Balaban J connectivity index is 1.94. The molecular weight excluding hydrogens is 396 g/mol. The lowest BCUT2D eigenvalue weighted by Gasteiger charge is -2.39. The van der Waals surface area contributed by atoms with Gasteiger partial charge in [0.25, 0.3) is 5.91 Å². The van der Waals surface area contributed by atoms with Gasteiger partial charge in [0.1, 0.15) is 6.04 Å². The second-order valence-electron chi connectivity index (χ2n) is 7.01. The number of nitrogens with one attached hydrogen (secondary N) is 1. The Hall–Kier alpha value is -3.94. The maximum atomic E-state index is 13.6. The summed E-state index contributed by atoms with van der Waals surface area (Å²) >= 11 is 0. The van der Waals surface area contributed by atoms with Gasteiger partial charge in [0.05, 0.1) is 6.54 Å². The molecule has 2 aromatic rings. The van der Waals surface area contributed by atoms with Crippen LogP contribution in [-0.4, -0.2) is 58.3 Å². The number of hydrogen-bond donors (Lipinski definition) is 2. The molecule has 3 rings (SSSR count). The van der Waals surface area contributed by atoms with Crippen LogP contribution in [0.4, 0.5) is 0 Å². The van der Waals surface area contributed by atoms with Crippen molar-refractivity contribution >= 4 is 24.5 Å². The molecule has 0 unspecified atom stereocenters. The molecular formula is C23H24N4O4. The maximum absolute atomic E-state index is 13.6. The number of rotatable bonds is 10. The minimum absolute atomic E-state index is 0.114. The third kappa shape index (κ3) is 5.79. The number of hydrogen-bond acceptors (Lipinski definition) is 5. The first-order valence-corrected chi connectivity index (χ1v) is 9.88. The molecule has 0 aromatic heterocycles. The van der Waals surface area contributed by atoms with E-state index < -0.39 is 24.0 Å². The van der Waals surface area contributed by atoms with Gasteiger partial charge in [0.15, 0.2) is 6.04 Å². The summed E-state index contributed by atoms with van der Waals surface area (Å²) in [6.07, 6.45) is 5.44. The normalized spacial score (nSPS) is 14.5. The molecule has 0 spiro atoms. The summed E-state index contributed by atoms with van der Waals surface area (Å²) in [5, 5.41) is 15.3. The first kappa shape index (κ1) is 21.8. The number of amides is 2. The topological polar surface area (TPSA) is 102 Å². The van der Waals surface area contributed by atoms with E-state index in [4.69, 9.17) is 0 Å². The molecule has 2 N–H and O–H groups in total. The molecule has 1 aliphatic heterocycles. The second kappa shape index (κ2) is 10.7. The van der Waals surface area contributed by atoms with Crippen LogP contribution in [0.3, 0.4) is 0 Å². The zero-order valence-corrected chi connectivity index (χ0v) is 16.9. The number of carbonyl (C=O) groups excluding carboxylic acids is 2. The number of carboxylic acids is 1. The number of aliphatic carboxylic acids is 1. The third-order valence-corrected chi connectivity index (χ3v) is 4.90. The summed E-state index contributed by atoms with van der Waals surface area (Å²) in [6.45, 7) is 0.236. The quantitative estimate of drug-likeness (QED) is 0.569. The first-order valence-electron chi connectivity index (χ1n) is 9.88. The highest BCUT2D eigenvalue weighted by Crippen LogP contribution is 2.17. The molecule has 8 heteroatoms. The number of nitrogens with zero attached hydrogens (tertiary/aromatic N) is 3. The van der Waals surface area contributed by atoms with Gasteiger partial charge in [-0.25, -0.2) is 9.80 Å². The van der Waals surface area contributed by atoms with Crippen LogP contribution in [0.2, 0.25) is 0 Å². The highest BCUT2D eigenvalue weighted by Gasteiger charge is 2.37. The summed E-state index contributed by atoms with van der Waals surface area (Å²) in [7, 11) is 0. The molecule has 0 radical (unpaired) electrons. The van der Waals surface area contributed by atoms with Crippen molar-refractivity contribution in [1.29, 1.82) is 0 Å². The van der Waals surface area contributed by atoms with E-state index in [2.05, 4.69) is 10.3 Å². The molecule has 8 nitrogen and oxygen atoms in total. The van der Waals surface area contributed by atoms with Gasteiger partial charge in [0, 0.05) is 31.5 Å². The Bertz CT molecular complexity index is 947. The molecule has 0 saturated carbocycles. The monoisotopic (exact) mass is 420 g/mol. The van der Waals surface area contributed by atoms with Gasteiger partial charge in [-0.15, -0.1) is 0 Å². The number of aliphatic imine (C=N–C) groups is 1. The van der Waals surface area contributed by atoms with Gasteiger partial charge in [-0.2, -0.15) is 0 Å². The third-order valence-electron chi connectivity index (χ3n) is 4.90. The molecule has 0 bridgehead atoms. The van der Waals surface area contributed by atoms with E-state index in [0.29, 0.717) is 6.41 Å². The summed E-state index contributed by atoms with van der Waals surface area (Å²) in [6, 6.07) is 16.3. The Kier molecular flexibility index (Phi) is 7.53. The largest absolute Gasteiger partial charge is 0.480 e. The Morgan fingerprint density at radius 2 is 1.68 bits per heavy atom. The van der Waals surface area contributed by atoms with Gasteiger partial charge in [-0.1, -0.05) is 60.7 Å². The molecule has 31 heavy (non-hydrogen) atoms. The SMILES string of the molecule is O=CN[C@@H](Cc1ccccc1)C(=O)N([C@@H](Cc1ccccc1)C(=O)O)N1C=CN=CC1. The predicted molar refractivity (Wildman–Crippen MR) is 116 cm³/mol. The minimum Gasteiger partial charge on any atom is -0.480 e. The number of carboxylic acid groups (broad SMARTS) is 1. The van der Waals surface area contributed by atoms with Crippen LogP contribution < -0.4 is 5.32 Å². The van der Waals surface area contributed by atoms with E-state index >= 15 is 0 Å². The van der Waals surface area contributed by atoms with E-state index in [9.17, 15) is 19.5 Å². The van der Waals surface area contributed by atoms with Crippen molar-refractivity contribution in [3.05, 3.63) is 84.2 Å². The van der Waals surface area contributed by atoms with Crippen molar-refractivity contribution in [3.8, 4) is 0 Å². The Labute approximate surface area is 180 Å². The summed E-state index contributed by atoms with van der Waals surface area (Å²) < 4.78 is 0. The molecule has 0 saturated heterocycles. The van der Waals surface area contributed by atoms with Gasteiger partial charge in [-0.05, 0) is 11.1 Å². The standard InChI is InChI=1S/C23H24N4O4/c28-17-25-20(15-18-7-3-1-4-8-18)22(29)27(26-13-11-24-12-14-26)21(23(30)31)16-19-9-5-2-6-10-19/h1-13,17,20-21H,14-16H2,(H,25,28)(H,30,31)/t20-,21-/m0/s1. The van der Waals surface area contributed by atoms with Crippen LogP contribution in [0.1, 0.15) is 11.1 Å². The second-order valence-corrected chi connectivity index (χ2v) is 7.01. The van der Waals surface area contributed by atoms with Gasteiger partial charge in [0.2, 0.25) is 6.41 Å². The maximum Gasteiger partial charge on any atom is 0.328 e. The van der Waals surface area contributed by atoms with Gasteiger partial charge in [-0.3, -0.25) is 19.6 Å². The lowest BCUT2D eigenvalue weighted by atomic mass is 10.0. The van der Waals surface area contributed by atoms with Crippen LogP contribution in [-0.2, 0) is 27.2 Å². The summed E-state index contributed by atoms with van der Waals surface area (Å²) in [5.41, 5.74) is 1.63. The first-order chi connectivity index (χ1) is 15.1. The van der Waals surface area contributed by atoms with E-state index in [1.54, 1.807) is 12.4 Å². The molecule has 1 aliphatic rings. The fourth-order valence-corrected chi connectivity index (χ4v) is 3.41. The predicted octanol–water partition coefficient (Wildman–Crippen LogP) is 1.64. The van der Waals surface area contributed by atoms with Crippen molar-refractivity contribution in [1.82, 2.24) is 15.3 Å². The highest BCUT2D eigenvalue weighted by molar-refractivity contribution is 5.88. The van der Waals surface area contributed by atoms with Crippen LogP contribution >= 0.6 is 0 Å².